The van der Waals surface area contributed by atoms with E-state index in [1.165, 1.54) is 0 Å². The maximum Gasteiger partial charge on any atom is 0.313 e. The van der Waals surface area contributed by atoms with Crippen LogP contribution in [0.5, 0.6) is 0 Å². The van der Waals surface area contributed by atoms with Crippen LogP contribution in [0.1, 0.15) is 13.3 Å². The minimum absolute atomic E-state index is 0.00690. The van der Waals surface area contributed by atoms with Crippen LogP contribution in [0.4, 0.5) is 0 Å². The predicted octanol–water partition coefficient (Wildman–Crippen LogP) is 0.825. The van der Waals surface area contributed by atoms with Gasteiger partial charge in [-0.2, -0.15) is 0 Å². The molecule has 0 amide bonds. The van der Waals surface area contributed by atoms with Crippen LogP contribution in [0.3, 0.4) is 0 Å². The summed E-state index contributed by atoms with van der Waals surface area (Å²) in [5.41, 5.74) is 0. The van der Waals surface area contributed by atoms with E-state index in [2.05, 4.69) is 0 Å². The second kappa shape index (κ2) is 3.12. The van der Waals surface area contributed by atoms with Crippen molar-refractivity contribution in [1.29, 1.82) is 0 Å². The molecule has 1 aliphatic carbocycles. The van der Waals surface area contributed by atoms with E-state index < -0.39 is 18.0 Å². The van der Waals surface area contributed by atoms with E-state index in [4.69, 9.17) is 9.84 Å². The van der Waals surface area contributed by atoms with Crippen molar-refractivity contribution in [3.63, 3.8) is 0 Å². The summed E-state index contributed by atoms with van der Waals surface area (Å²) in [4.78, 5) is 22.3. The van der Waals surface area contributed by atoms with Crippen LogP contribution >= 0.6 is 0 Å². The van der Waals surface area contributed by atoms with E-state index in [9.17, 15) is 9.59 Å². The third-order valence-electron chi connectivity index (χ3n) is 2.94. The fraction of sp³-hybridized carbons (Fsp3) is 0.600. The Morgan fingerprint density at radius 3 is 2.93 bits per heavy atom. The van der Waals surface area contributed by atoms with Gasteiger partial charge in [0.05, 0.1) is 11.8 Å². The van der Waals surface area contributed by atoms with E-state index in [1.807, 2.05) is 13.0 Å². The zero-order valence-corrected chi connectivity index (χ0v) is 7.84. The maximum atomic E-state index is 11.3. The Morgan fingerprint density at radius 2 is 2.29 bits per heavy atom. The number of carbonyl (C=O) groups excluding carboxylic acids is 1. The first-order valence-electron chi connectivity index (χ1n) is 4.71. The molecule has 2 bridgehead atoms. The number of carboxylic acids is 1. The van der Waals surface area contributed by atoms with E-state index in [0.717, 1.165) is 0 Å². The summed E-state index contributed by atoms with van der Waals surface area (Å²) in [5.74, 6) is -2.08. The van der Waals surface area contributed by atoms with Gasteiger partial charge in [-0.25, -0.2) is 0 Å². The van der Waals surface area contributed by atoms with Crippen molar-refractivity contribution in [2.45, 2.75) is 19.4 Å². The topological polar surface area (TPSA) is 63.6 Å². The lowest BCUT2D eigenvalue weighted by molar-refractivity contribution is -0.171. The molecule has 1 N–H and O–H groups in total. The third kappa shape index (κ3) is 1.31. The molecule has 0 aromatic rings. The van der Waals surface area contributed by atoms with E-state index >= 15 is 0 Å². The normalized spacial score (nSPS) is 40.5. The van der Waals surface area contributed by atoms with Gasteiger partial charge in [0.25, 0.3) is 0 Å². The lowest BCUT2D eigenvalue weighted by Crippen LogP contribution is -2.42. The van der Waals surface area contributed by atoms with Crippen molar-refractivity contribution in [1.82, 2.24) is 0 Å². The average molecular weight is 196 g/mol. The van der Waals surface area contributed by atoms with Crippen LogP contribution in [0.2, 0.25) is 0 Å². The van der Waals surface area contributed by atoms with Crippen molar-refractivity contribution in [2.75, 3.05) is 0 Å². The van der Waals surface area contributed by atoms with Gasteiger partial charge in [-0.15, -0.1) is 0 Å². The Morgan fingerprint density at radius 1 is 1.57 bits per heavy atom. The van der Waals surface area contributed by atoms with Crippen molar-refractivity contribution in [3.8, 4) is 0 Å². The molecule has 0 aromatic heterocycles. The molecule has 4 unspecified atom stereocenters. The molecule has 3 rings (SSSR count). The lowest BCUT2D eigenvalue weighted by Gasteiger charge is -2.31. The van der Waals surface area contributed by atoms with Crippen LogP contribution in [-0.4, -0.2) is 23.1 Å². The van der Waals surface area contributed by atoms with Crippen molar-refractivity contribution < 1.29 is 19.4 Å². The van der Waals surface area contributed by atoms with Gasteiger partial charge in [0, 0.05) is 5.92 Å². The second-order valence-electron chi connectivity index (χ2n) is 3.93. The minimum atomic E-state index is -0.872. The van der Waals surface area contributed by atoms with Gasteiger partial charge >= 0.3 is 11.9 Å². The van der Waals surface area contributed by atoms with Gasteiger partial charge in [-0.05, 0) is 6.42 Å². The first kappa shape index (κ1) is 9.24. The molecule has 0 radical (unpaired) electrons. The Labute approximate surface area is 81.6 Å². The Bertz CT molecular complexity index is 307. The highest BCUT2D eigenvalue weighted by Gasteiger charge is 2.44. The van der Waals surface area contributed by atoms with Crippen LogP contribution in [-0.2, 0) is 14.3 Å². The van der Waals surface area contributed by atoms with Gasteiger partial charge in [0.2, 0.25) is 0 Å². The number of aliphatic carboxylic acids is 1. The number of rotatable bonds is 1. The number of hydrogen-bond acceptors (Lipinski definition) is 3. The first-order chi connectivity index (χ1) is 6.59. The smallest absolute Gasteiger partial charge is 0.313 e. The Hall–Kier alpha value is -1.32. The molecule has 2 heterocycles. The molecule has 4 heteroatoms. The summed E-state index contributed by atoms with van der Waals surface area (Å²) in [6.07, 6.45) is 3.54. The molecular formula is C10H12O4. The van der Waals surface area contributed by atoms with Crippen molar-refractivity contribution in [2.24, 2.45) is 17.8 Å². The summed E-state index contributed by atoms with van der Waals surface area (Å²) < 4.78 is 5.11. The van der Waals surface area contributed by atoms with Gasteiger partial charge < -0.3 is 9.84 Å². The highest BCUT2D eigenvalue weighted by atomic mass is 16.5. The number of ether oxygens (including phenoxy) is 1. The molecule has 0 aromatic carbocycles. The number of esters is 1. The molecule has 14 heavy (non-hydrogen) atoms. The molecule has 1 fully saturated rings. The van der Waals surface area contributed by atoms with Crippen LogP contribution in [0, 0.1) is 17.8 Å². The van der Waals surface area contributed by atoms with Crippen molar-refractivity contribution in [3.05, 3.63) is 12.2 Å². The maximum absolute atomic E-state index is 11.3. The molecule has 4 nitrogen and oxygen atoms in total. The standard InChI is InChI=1S/C10H12O4/c1-5-2-3-6-4-7(9(11)12)8(5)14-10(6)13/h2-3,5-8H,4H2,1H3,(H,11,12). The largest absolute Gasteiger partial charge is 0.481 e. The second-order valence-corrected chi connectivity index (χ2v) is 3.93. The van der Waals surface area contributed by atoms with Crippen LogP contribution in [0.25, 0.3) is 0 Å². The Balaban J connectivity index is 2.31. The minimum Gasteiger partial charge on any atom is -0.481 e. The highest BCUT2D eigenvalue weighted by molar-refractivity contribution is 5.80. The molecule has 4 atom stereocenters. The molecule has 0 saturated carbocycles. The number of carboxylic acid groups (broad SMARTS) is 1. The number of hydrogen-bond donors (Lipinski definition) is 1. The monoisotopic (exact) mass is 196 g/mol. The zero-order valence-electron chi connectivity index (χ0n) is 7.84. The van der Waals surface area contributed by atoms with E-state index in [0.29, 0.717) is 6.42 Å². The summed E-state index contributed by atoms with van der Waals surface area (Å²) in [6.45, 7) is 1.87. The molecular weight excluding hydrogens is 184 g/mol. The van der Waals surface area contributed by atoms with E-state index in [1.54, 1.807) is 6.08 Å². The molecule has 0 spiro atoms. The summed E-state index contributed by atoms with van der Waals surface area (Å²) in [7, 11) is 0. The van der Waals surface area contributed by atoms with Gasteiger partial charge in [0.1, 0.15) is 6.10 Å². The number of carbonyl (C=O) groups is 2. The fourth-order valence-electron chi connectivity index (χ4n) is 2.10. The van der Waals surface area contributed by atoms with E-state index in [-0.39, 0.29) is 17.8 Å². The average Bonchev–Trinajstić information content (AvgIpc) is 2.35. The van der Waals surface area contributed by atoms with Crippen LogP contribution < -0.4 is 0 Å². The summed E-state index contributed by atoms with van der Waals surface area (Å²) in [5, 5.41) is 8.97. The lowest BCUT2D eigenvalue weighted by atomic mass is 9.86. The zero-order chi connectivity index (χ0) is 10.3. The molecule has 1 saturated heterocycles. The summed E-state index contributed by atoms with van der Waals surface area (Å²) >= 11 is 0. The SMILES string of the molecule is CC1C=CC2CC(C(=O)O)C1OC2=O. The highest BCUT2D eigenvalue weighted by Crippen LogP contribution is 2.35. The molecule has 2 aliphatic heterocycles. The van der Waals surface area contributed by atoms with Gasteiger partial charge in [-0.3, -0.25) is 9.59 Å². The first-order valence-corrected chi connectivity index (χ1v) is 4.71. The fourth-order valence-corrected chi connectivity index (χ4v) is 2.10. The van der Waals surface area contributed by atoms with Crippen LogP contribution in [0.15, 0.2) is 12.2 Å². The quantitative estimate of drug-likeness (QED) is 0.498. The molecule has 3 aliphatic rings. The Kier molecular flexibility index (Phi) is 2.06. The van der Waals surface area contributed by atoms with Crippen molar-refractivity contribution >= 4 is 11.9 Å². The summed E-state index contributed by atoms with van der Waals surface area (Å²) in [6, 6.07) is 0. The molecule has 76 valence electrons. The third-order valence-corrected chi connectivity index (χ3v) is 2.94. The number of fused-ring (bicyclic) bond motifs is 3. The predicted molar refractivity (Wildman–Crippen MR) is 47.4 cm³/mol. The van der Waals surface area contributed by atoms with Gasteiger partial charge in [0.15, 0.2) is 0 Å². The van der Waals surface area contributed by atoms with Gasteiger partial charge in [-0.1, -0.05) is 19.1 Å².